The number of halogens is 1. The zero-order chi connectivity index (χ0) is 7.72. The number of nitrogens with zero attached hydrogens (tertiary/aromatic N) is 1. The fourth-order valence-corrected chi connectivity index (χ4v) is 0.720. The predicted molar refractivity (Wildman–Crippen MR) is 31.5 cm³/mol. The van der Waals surface area contributed by atoms with Crippen LogP contribution in [0.4, 0.5) is 9.59 Å². The van der Waals surface area contributed by atoms with Crippen molar-refractivity contribution in [1.82, 2.24) is 10.2 Å². The number of carbonyl (C=O) groups is 3. The Labute approximate surface area is 60.9 Å². The second-order valence-electron chi connectivity index (χ2n) is 1.69. The van der Waals surface area contributed by atoms with Crippen LogP contribution in [0.25, 0.3) is 0 Å². The third-order valence-electron chi connectivity index (χ3n) is 1.01. The molecule has 0 aromatic heterocycles. The van der Waals surface area contributed by atoms with Crippen molar-refractivity contribution >= 4 is 28.9 Å². The third kappa shape index (κ3) is 1.08. The summed E-state index contributed by atoms with van der Waals surface area (Å²) in [6.45, 7) is -0.277. The molecule has 1 heterocycles. The van der Waals surface area contributed by atoms with E-state index in [1.54, 1.807) is 0 Å². The molecule has 1 N–H and O–H groups in total. The van der Waals surface area contributed by atoms with Crippen molar-refractivity contribution in [3.63, 3.8) is 0 Å². The Balaban J connectivity index is 2.72. The molecule has 0 atom stereocenters. The molecule has 0 bridgehead atoms. The highest BCUT2D eigenvalue weighted by Gasteiger charge is 2.30. The normalized spacial score (nSPS) is 17.5. The van der Waals surface area contributed by atoms with Crippen LogP contribution in [0.5, 0.6) is 0 Å². The van der Waals surface area contributed by atoms with Crippen molar-refractivity contribution in [2.45, 2.75) is 0 Å². The topological polar surface area (TPSA) is 66.5 Å². The largest absolute Gasteiger partial charge is 0.332 e. The molecule has 0 saturated carbocycles. The Morgan fingerprint density at radius 2 is 2.20 bits per heavy atom. The van der Waals surface area contributed by atoms with Crippen molar-refractivity contribution in [2.24, 2.45) is 0 Å². The highest BCUT2D eigenvalue weighted by Crippen LogP contribution is 2.01. The van der Waals surface area contributed by atoms with Crippen LogP contribution in [-0.2, 0) is 4.79 Å². The van der Waals surface area contributed by atoms with Gasteiger partial charge in [0.05, 0.1) is 0 Å². The summed E-state index contributed by atoms with van der Waals surface area (Å²) in [5, 5.41) is 0.950. The molecule has 0 spiro atoms. The van der Waals surface area contributed by atoms with Crippen LogP contribution < -0.4 is 5.32 Å². The number of hydrogen-bond donors (Lipinski definition) is 1. The maximum Gasteiger partial charge on any atom is 0.332 e. The van der Waals surface area contributed by atoms with E-state index in [2.05, 4.69) is 0 Å². The molecule has 1 aliphatic heterocycles. The summed E-state index contributed by atoms with van der Waals surface area (Å²) >= 11 is 4.92. The molecular weight excluding hydrogens is 160 g/mol. The van der Waals surface area contributed by atoms with Crippen molar-refractivity contribution in [3.05, 3.63) is 0 Å². The zero-order valence-electron chi connectivity index (χ0n) is 4.76. The van der Waals surface area contributed by atoms with Crippen LogP contribution in [0.2, 0.25) is 0 Å². The summed E-state index contributed by atoms with van der Waals surface area (Å²) in [6.07, 6.45) is 0. The Morgan fingerprint density at radius 1 is 1.60 bits per heavy atom. The van der Waals surface area contributed by atoms with Crippen molar-refractivity contribution < 1.29 is 14.4 Å². The molecule has 6 heteroatoms. The van der Waals surface area contributed by atoms with E-state index in [0.717, 1.165) is 0 Å². The van der Waals surface area contributed by atoms with E-state index in [4.69, 9.17) is 11.6 Å². The van der Waals surface area contributed by atoms with Crippen molar-refractivity contribution in [1.29, 1.82) is 0 Å². The van der Waals surface area contributed by atoms with E-state index in [-0.39, 0.29) is 6.54 Å². The molecule has 0 radical (unpaired) electrons. The van der Waals surface area contributed by atoms with Crippen LogP contribution in [-0.4, -0.2) is 28.7 Å². The van der Waals surface area contributed by atoms with Crippen molar-refractivity contribution in [3.8, 4) is 0 Å². The average molecular weight is 163 g/mol. The predicted octanol–water partition coefficient (Wildman–Crippen LogP) is -0.103. The van der Waals surface area contributed by atoms with Gasteiger partial charge in [-0.3, -0.25) is 14.9 Å². The smallest absolute Gasteiger partial charge is 0.276 e. The first-order valence-corrected chi connectivity index (χ1v) is 2.80. The lowest BCUT2D eigenvalue weighted by Crippen LogP contribution is -2.29. The molecular formula is C4H3ClN2O3. The minimum Gasteiger partial charge on any atom is -0.276 e. The van der Waals surface area contributed by atoms with Gasteiger partial charge in [-0.1, -0.05) is 0 Å². The Kier molecular flexibility index (Phi) is 1.58. The van der Waals surface area contributed by atoms with E-state index in [0.29, 0.717) is 4.90 Å². The molecule has 10 heavy (non-hydrogen) atoms. The number of urea groups is 1. The lowest BCUT2D eigenvalue weighted by Gasteiger charge is -2.02. The van der Waals surface area contributed by atoms with Gasteiger partial charge in [0.15, 0.2) is 0 Å². The Bertz CT molecular complexity index is 215. The number of amides is 4. The molecule has 0 aromatic rings. The van der Waals surface area contributed by atoms with Gasteiger partial charge in [0.25, 0.3) is 0 Å². The molecule has 1 fully saturated rings. The molecule has 1 aliphatic rings. The molecule has 5 nitrogen and oxygen atoms in total. The van der Waals surface area contributed by atoms with Gasteiger partial charge in [-0.25, -0.2) is 9.69 Å². The van der Waals surface area contributed by atoms with Gasteiger partial charge in [0.2, 0.25) is 5.91 Å². The van der Waals surface area contributed by atoms with Gasteiger partial charge in [0.1, 0.15) is 6.54 Å². The second kappa shape index (κ2) is 2.26. The molecule has 0 unspecified atom stereocenters. The van der Waals surface area contributed by atoms with E-state index >= 15 is 0 Å². The lowest BCUT2D eigenvalue weighted by atomic mass is 10.6. The molecule has 1 saturated heterocycles. The molecule has 0 aromatic carbocycles. The fourth-order valence-electron chi connectivity index (χ4n) is 0.584. The zero-order valence-corrected chi connectivity index (χ0v) is 5.51. The van der Waals surface area contributed by atoms with Crippen LogP contribution in [0, 0.1) is 0 Å². The standard InChI is InChI=1S/C4H3ClN2O3/c5-3(9)7-1-2(8)6-4(7)10/h1H2,(H,6,8,10). The summed E-state index contributed by atoms with van der Waals surface area (Å²) in [5.41, 5.74) is 0. The summed E-state index contributed by atoms with van der Waals surface area (Å²) in [4.78, 5) is 31.8. The number of imide groups is 2. The number of rotatable bonds is 0. The molecule has 4 amide bonds. The van der Waals surface area contributed by atoms with E-state index in [9.17, 15) is 14.4 Å². The highest BCUT2D eigenvalue weighted by molar-refractivity contribution is 6.64. The van der Waals surface area contributed by atoms with Crippen LogP contribution in [0.1, 0.15) is 0 Å². The van der Waals surface area contributed by atoms with Crippen LogP contribution in [0.3, 0.4) is 0 Å². The Morgan fingerprint density at radius 3 is 2.40 bits per heavy atom. The number of carbonyl (C=O) groups excluding carboxylic acids is 3. The fraction of sp³-hybridized carbons (Fsp3) is 0.250. The minimum absolute atomic E-state index is 0.277. The number of hydrogen-bond acceptors (Lipinski definition) is 3. The molecule has 54 valence electrons. The van der Waals surface area contributed by atoms with Gasteiger partial charge in [0, 0.05) is 0 Å². The highest BCUT2D eigenvalue weighted by atomic mass is 35.5. The minimum atomic E-state index is -0.941. The SMILES string of the molecule is O=C1CN(C(=O)Cl)C(=O)N1. The third-order valence-corrected chi connectivity index (χ3v) is 1.21. The van der Waals surface area contributed by atoms with E-state index in [1.807, 2.05) is 5.32 Å². The van der Waals surface area contributed by atoms with Gasteiger partial charge < -0.3 is 0 Å². The second-order valence-corrected chi connectivity index (χ2v) is 2.02. The van der Waals surface area contributed by atoms with Crippen molar-refractivity contribution in [2.75, 3.05) is 6.54 Å². The maximum absolute atomic E-state index is 10.5. The molecule has 0 aliphatic carbocycles. The van der Waals surface area contributed by atoms with Gasteiger partial charge in [-0.05, 0) is 11.6 Å². The quantitative estimate of drug-likeness (QED) is 0.307. The average Bonchev–Trinajstić information content (AvgIpc) is 2.10. The Hall–Kier alpha value is -1.10. The monoisotopic (exact) mass is 162 g/mol. The van der Waals surface area contributed by atoms with Gasteiger partial charge >= 0.3 is 11.4 Å². The first kappa shape index (κ1) is 7.01. The first-order valence-electron chi connectivity index (χ1n) is 2.42. The summed E-state index contributed by atoms with van der Waals surface area (Å²) in [7, 11) is 0. The van der Waals surface area contributed by atoms with Gasteiger partial charge in [-0.2, -0.15) is 0 Å². The maximum atomic E-state index is 10.5. The van der Waals surface area contributed by atoms with E-state index in [1.165, 1.54) is 0 Å². The first-order chi connectivity index (χ1) is 4.61. The summed E-state index contributed by atoms with van der Waals surface area (Å²) < 4.78 is 0. The van der Waals surface area contributed by atoms with Crippen LogP contribution >= 0.6 is 11.6 Å². The summed E-state index contributed by atoms with van der Waals surface area (Å²) in [5.74, 6) is -0.515. The lowest BCUT2D eigenvalue weighted by molar-refractivity contribution is -0.118. The van der Waals surface area contributed by atoms with Crippen LogP contribution in [0.15, 0.2) is 0 Å². The summed E-state index contributed by atoms with van der Waals surface area (Å²) in [6, 6.07) is -0.759. The van der Waals surface area contributed by atoms with E-state index < -0.39 is 17.3 Å². The molecule has 1 rings (SSSR count). The van der Waals surface area contributed by atoms with Gasteiger partial charge in [-0.15, -0.1) is 0 Å². The number of nitrogens with one attached hydrogen (secondary N) is 1.